The summed E-state index contributed by atoms with van der Waals surface area (Å²) in [4.78, 5) is 12.1. The van der Waals surface area contributed by atoms with Gasteiger partial charge in [-0.2, -0.15) is 0 Å². The molecule has 0 aliphatic rings. The highest BCUT2D eigenvalue weighted by atomic mass is 32.1. The zero-order valence-electron chi connectivity index (χ0n) is 8.19. The first-order chi connectivity index (χ1) is 6.58. The number of thiophene rings is 1. The SMILES string of the molecule is CC(CN)(CCc1cccs1)C(=O)O. The summed E-state index contributed by atoms with van der Waals surface area (Å²) in [5.41, 5.74) is 4.68. The molecule has 3 nitrogen and oxygen atoms in total. The molecular formula is C10H15NO2S. The standard InChI is InChI=1S/C10H15NO2S/c1-10(7-11,9(12)13)5-4-8-3-2-6-14-8/h2-3,6H,4-5,7,11H2,1H3,(H,12,13). The number of hydrogen-bond donors (Lipinski definition) is 2. The van der Waals surface area contributed by atoms with Crippen molar-refractivity contribution in [2.24, 2.45) is 11.1 Å². The van der Waals surface area contributed by atoms with Crippen molar-refractivity contribution in [1.29, 1.82) is 0 Å². The number of carbonyl (C=O) groups is 1. The van der Waals surface area contributed by atoms with Crippen LogP contribution < -0.4 is 5.73 Å². The van der Waals surface area contributed by atoms with E-state index >= 15 is 0 Å². The van der Waals surface area contributed by atoms with Crippen LogP contribution in [-0.4, -0.2) is 17.6 Å². The molecule has 0 spiro atoms. The number of aryl methyl sites for hydroxylation is 1. The van der Waals surface area contributed by atoms with E-state index in [2.05, 4.69) is 0 Å². The summed E-state index contributed by atoms with van der Waals surface area (Å²) in [6, 6.07) is 3.99. The van der Waals surface area contributed by atoms with Crippen LogP contribution in [0.25, 0.3) is 0 Å². The van der Waals surface area contributed by atoms with E-state index in [1.807, 2.05) is 17.5 Å². The third kappa shape index (κ3) is 2.56. The van der Waals surface area contributed by atoms with Gasteiger partial charge in [0.15, 0.2) is 0 Å². The van der Waals surface area contributed by atoms with E-state index in [-0.39, 0.29) is 6.54 Å². The van der Waals surface area contributed by atoms with Crippen molar-refractivity contribution in [2.75, 3.05) is 6.54 Å². The summed E-state index contributed by atoms with van der Waals surface area (Å²) in [6.07, 6.45) is 1.39. The van der Waals surface area contributed by atoms with Gasteiger partial charge in [-0.3, -0.25) is 4.79 Å². The number of carboxylic acids is 1. The minimum atomic E-state index is -0.809. The summed E-state index contributed by atoms with van der Waals surface area (Å²) >= 11 is 1.65. The summed E-state index contributed by atoms with van der Waals surface area (Å²) in [5.74, 6) is -0.809. The Hall–Kier alpha value is -0.870. The Morgan fingerprint density at radius 2 is 2.43 bits per heavy atom. The van der Waals surface area contributed by atoms with Crippen LogP contribution in [0.3, 0.4) is 0 Å². The first kappa shape index (κ1) is 11.2. The molecule has 3 N–H and O–H groups in total. The maximum absolute atomic E-state index is 10.9. The zero-order valence-corrected chi connectivity index (χ0v) is 9.01. The average molecular weight is 213 g/mol. The molecular weight excluding hydrogens is 198 g/mol. The monoisotopic (exact) mass is 213 g/mol. The third-order valence-electron chi connectivity index (χ3n) is 2.47. The minimum Gasteiger partial charge on any atom is -0.481 e. The molecule has 0 fully saturated rings. The van der Waals surface area contributed by atoms with Gasteiger partial charge >= 0.3 is 5.97 Å². The van der Waals surface area contributed by atoms with Crippen molar-refractivity contribution in [1.82, 2.24) is 0 Å². The second kappa shape index (κ2) is 4.57. The van der Waals surface area contributed by atoms with Crippen LogP contribution in [0.1, 0.15) is 18.2 Å². The summed E-state index contributed by atoms with van der Waals surface area (Å²) in [5, 5.41) is 11.0. The lowest BCUT2D eigenvalue weighted by molar-refractivity contribution is -0.147. The van der Waals surface area contributed by atoms with Gasteiger partial charge in [0.2, 0.25) is 0 Å². The number of nitrogens with two attached hydrogens (primary N) is 1. The number of rotatable bonds is 5. The lowest BCUT2D eigenvalue weighted by atomic mass is 9.85. The Balaban J connectivity index is 2.54. The van der Waals surface area contributed by atoms with Gasteiger partial charge in [-0.25, -0.2) is 0 Å². The molecule has 0 aliphatic heterocycles. The van der Waals surface area contributed by atoms with Gasteiger partial charge in [0.1, 0.15) is 0 Å². The second-order valence-electron chi connectivity index (χ2n) is 3.65. The minimum absolute atomic E-state index is 0.188. The quantitative estimate of drug-likeness (QED) is 0.783. The van der Waals surface area contributed by atoms with Crippen LogP contribution >= 0.6 is 11.3 Å². The van der Waals surface area contributed by atoms with Crippen molar-refractivity contribution < 1.29 is 9.90 Å². The van der Waals surface area contributed by atoms with Gasteiger partial charge < -0.3 is 10.8 Å². The molecule has 0 saturated heterocycles. The smallest absolute Gasteiger partial charge is 0.310 e. The molecule has 0 bridgehead atoms. The van der Waals surface area contributed by atoms with Gasteiger partial charge in [-0.15, -0.1) is 11.3 Å². The topological polar surface area (TPSA) is 63.3 Å². The highest BCUT2D eigenvalue weighted by molar-refractivity contribution is 7.09. The molecule has 78 valence electrons. The molecule has 0 radical (unpaired) electrons. The van der Waals surface area contributed by atoms with Crippen LogP contribution in [0.5, 0.6) is 0 Å². The number of aliphatic carboxylic acids is 1. The molecule has 1 atom stereocenters. The Morgan fingerprint density at radius 1 is 1.71 bits per heavy atom. The molecule has 0 aliphatic carbocycles. The van der Waals surface area contributed by atoms with Gasteiger partial charge in [-0.05, 0) is 31.2 Å². The molecule has 1 heterocycles. The largest absolute Gasteiger partial charge is 0.481 e. The fourth-order valence-corrected chi connectivity index (χ4v) is 1.86. The first-order valence-electron chi connectivity index (χ1n) is 4.54. The highest BCUT2D eigenvalue weighted by Crippen LogP contribution is 2.24. The van der Waals surface area contributed by atoms with Crippen LogP contribution in [0, 0.1) is 5.41 Å². The van der Waals surface area contributed by atoms with E-state index in [0.717, 1.165) is 6.42 Å². The maximum Gasteiger partial charge on any atom is 0.310 e. The molecule has 1 rings (SSSR count). The van der Waals surface area contributed by atoms with Gasteiger partial charge in [-0.1, -0.05) is 6.07 Å². The molecule has 4 heteroatoms. The molecule has 0 aromatic carbocycles. The van der Waals surface area contributed by atoms with E-state index < -0.39 is 11.4 Å². The first-order valence-corrected chi connectivity index (χ1v) is 5.42. The summed E-state index contributed by atoms with van der Waals surface area (Å²) in [6.45, 7) is 1.89. The fraction of sp³-hybridized carbons (Fsp3) is 0.500. The van der Waals surface area contributed by atoms with Gasteiger partial charge in [0.05, 0.1) is 5.41 Å². The van der Waals surface area contributed by atoms with E-state index in [1.54, 1.807) is 18.3 Å². The van der Waals surface area contributed by atoms with Crippen LogP contribution in [0.2, 0.25) is 0 Å². The van der Waals surface area contributed by atoms with Crippen molar-refractivity contribution in [3.8, 4) is 0 Å². The summed E-state index contributed by atoms with van der Waals surface area (Å²) in [7, 11) is 0. The molecule has 1 aromatic heterocycles. The average Bonchev–Trinajstić information content (AvgIpc) is 2.66. The van der Waals surface area contributed by atoms with Crippen molar-refractivity contribution >= 4 is 17.3 Å². The molecule has 0 saturated carbocycles. The molecule has 1 aromatic rings. The Morgan fingerprint density at radius 3 is 2.86 bits per heavy atom. The van der Waals surface area contributed by atoms with Crippen molar-refractivity contribution in [2.45, 2.75) is 19.8 Å². The van der Waals surface area contributed by atoms with E-state index in [9.17, 15) is 4.79 Å². The molecule has 14 heavy (non-hydrogen) atoms. The lowest BCUT2D eigenvalue weighted by Gasteiger charge is -2.21. The van der Waals surface area contributed by atoms with E-state index in [1.165, 1.54) is 4.88 Å². The number of hydrogen-bond acceptors (Lipinski definition) is 3. The highest BCUT2D eigenvalue weighted by Gasteiger charge is 2.30. The Kier molecular flexibility index (Phi) is 3.66. The zero-order chi connectivity index (χ0) is 10.6. The Bertz CT molecular complexity index is 297. The van der Waals surface area contributed by atoms with Crippen LogP contribution in [0.15, 0.2) is 17.5 Å². The van der Waals surface area contributed by atoms with Crippen molar-refractivity contribution in [3.63, 3.8) is 0 Å². The lowest BCUT2D eigenvalue weighted by Crippen LogP contribution is -2.36. The predicted octanol–water partition coefficient (Wildman–Crippen LogP) is 1.73. The van der Waals surface area contributed by atoms with Gasteiger partial charge in [0, 0.05) is 11.4 Å². The molecule has 0 amide bonds. The van der Waals surface area contributed by atoms with E-state index in [4.69, 9.17) is 10.8 Å². The molecule has 1 unspecified atom stereocenters. The third-order valence-corrected chi connectivity index (χ3v) is 3.41. The predicted molar refractivity (Wildman–Crippen MR) is 57.4 cm³/mol. The van der Waals surface area contributed by atoms with Crippen molar-refractivity contribution in [3.05, 3.63) is 22.4 Å². The van der Waals surface area contributed by atoms with Crippen LogP contribution in [0.4, 0.5) is 0 Å². The fourth-order valence-electron chi connectivity index (χ4n) is 1.15. The number of carboxylic acid groups (broad SMARTS) is 1. The maximum atomic E-state index is 10.9. The van der Waals surface area contributed by atoms with Crippen LogP contribution in [-0.2, 0) is 11.2 Å². The normalized spacial score (nSPS) is 15.0. The Labute approximate surface area is 87.6 Å². The second-order valence-corrected chi connectivity index (χ2v) is 4.68. The van der Waals surface area contributed by atoms with Gasteiger partial charge in [0.25, 0.3) is 0 Å². The van der Waals surface area contributed by atoms with E-state index in [0.29, 0.717) is 6.42 Å². The summed E-state index contributed by atoms with van der Waals surface area (Å²) < 4.78 is 0.